The van der Waals surface area contributed by atoms with Gasteiger partial charge in [-0.1, -0.05) is 17.7 Å². The third kappa shape index (κ3) is 3.12. The summed E-state index contributed by atoms with van der Waals surface area (Å²) in [6.07, 6.45) is 0. The van der Waals surface area contributed by atoms with E-state index in [0.717, 1.165) is 21.8 Å². The van der Waals surface area contributed by atoms with Crippen molar-refractivity contribution in [1.29, 1.82) is 0 Å². The van der Waals surface area contributed by atoms with Gasteiger partial charge in [0.15, 0.2) is 0 Å². The molecule has 1 aromatic rings. The molecule has 0 radical (unpaired) electrons. The first-order valence-electron chi connectivity index (χ1n) is 5.97. The van der Waals surface area contributed by atoms with Gasteiger partial charge in [-0.25, -0.2) is 4.79 Å². The van der Waals surface area contributed by atoms with Crippen molar-refractivity contribution in [2.45, 2.75) is 20.8 Å². The Hall–Kier alpha value is -1.88. The smallest absolute Gasteiger partial charge is 0.329 e. The van der Waals surface area contributed by atoms with Crippen molar-refractivity contribution in [1.82, 2.24) is 9.96 Å². The second-order valence-electron chi connectivity index (χ2n) is 4.73. The highest BCUT2D eigenvalue weighted by Gasteiger charge is 2.27. The van der Waals surface area contributed by atoms with Crippen molar-refractivity contribution < 1.29 is 14.4 Å². The molecule has 0 atom stereocenters. The average molecular weight is 264 g/mol. The Morgan fingerprint density at radius 1 is 1.05 bits per heavy atom. The number of carbonyl (C=O) groups is 2. The van der Waals surface area contributed by atoms with Crippen LogP contribution in [0.1, 0.15) is 27.0 Å². The van der Waals surface area contributed by atoms with Gasteiger partial charge in [0.25, 0.3) is 5.91 Å². The zero-order valence-electron chi connectivity index (χ0n) is 12.3. The number of hydrogen-bond acceptors (Lipinski definition) is 3. The van der Waals surface area contributed by atoms with Crippen molar-refractivity contribution >= 4 is 11.9 Å². The molecule has 1 aromatic carbocycles. The van der Waals surface area contributed by atoms with Crippen LogP contribution in [-0.2, 0) is 4.84 Å². The van der Waals surface area contributed by atoms with Gasteiger partial charge in [-0.15, -0.1) is 5.06 Å². The first kappa shape index (κ1) is 15.2. The molecule has 19 heavy (non-hydrogen) atoms. The van der Waals surface area contributed by atoms with E-state index in [2.05, 4.69) is 0 Å². The predicted molar refractivity (Wildman–Crippen MR) is 72.9 cm³/mol. The van der Waals surface area contributed by atoms with Crippen molar-refractivity contribution in [3.63, 3.8) is 0 Å². The molecular weight excluding hydrogens is 244 g/mol. The Morgan fingerprint density at radius 2 is 1.53 bits per heavy atom. The quantitative estimate of drug-likeness (QED) is 0.770. The molecule has 0 saturated heterocycles. The van der Waals surface area contributed by atoms with E-state index in [1.54, 1.807) is 14.1 Å². The minimum atomic E-state index is -0.508. The maximum absolute atomic E-state index is 12.4. The number of aryl methyl sites for hydroxylation is 3. The minimum Gasteiger partial charge on any atom is -0.329 e. The summed E-state index contributed by atoms with van der Waals surface area (Å²) < 4.78 is 0. The average Bonchev–Trinajstić information content (AvgIpc) is 2.28. The molecule has 1 rings (SSSR count). The second-order valence-corrected chi connectivity index (χ2v) is 4.73. The zero-order chi connectivity index (χ0) is 14.7. The molecular formula is C14H20N2O3. The molecule has 5 heteroatoms. The maximum Gasteiger partial charge on any atom is 0.351 e. The number of amides is 3. The van der Waals surface area contributed by atoms with Gasteiger partial charge < -0.3 is 4.90 Å². The fraction of sp³-hybridized carbons (Fsp3) is 0.429. The Balaban J connectivity index is 3.22. The summed E-state index contributed by atoms with van der Waals surface area (Å²) in [5.74, 6) is -0.448. The largest absolute Gasteiger partial charge is 0.351 e. The van der Waals surface area contributed by atoms with Gasteiger partial charge in [0.1, 0.15) is 0 Å². The number of hydrogen-bond donors (Lipinski definition) is 0. The van der Waals surface area contributed by atoms with E-state index in [4.69, 9.17) is 4.84 Å². The van der Waals surface area contributed by atoms with E-state index < -0.39 is 11.9 Å². The van der Waals surface area contributed by atoms with Crippen LogP contribution in [0.3, 0.4) is 0 Å². The van der Waals surface area contributed by atoms with Crippen molar-refractivity contribution in [2.24, 2.45) is 0 Å². The maximum atomic E-state index is 12.4. The van der Waals surface area contributed by atoms with Crippen molar-refractivity contribution in [3.8, 4) is 0 Å². The monoisotopic (exact) mass is 264 g/mol. The van der Waals surface area contributed by atoms with Crippen molar-refractivity contribution in [3.05, 3.63) is 34.4 Å². The van der Waals surface area contributed by atoms with E-state index >= 15 is 0 Å². The molecule has 3 amide bonds. The Bertz CT molecular complexity index is 486. The second kappa shape index (κ2) is 5.84. The van der Waals surface area contributed by atoms with E-state index in [9.17, 15) is 9.59 Å². The SMILES string of the molecule is CON(C(=O)c1c(C)cc(C)cc1C)C(=O)N(C)C. The molecule has 0 spiro atoms. The molecule has 0 heterocycles. The van der Waals surface area contributed by atoms with Gasteiger partial charge in [0.05, 0.1) is 7.11 Å². The molecule has 5 nitrogen and oxygen atoms in total. The number of benzene rings is 1. The lowest BCUT2D eigenvalue weighted by atomic mass is 9.99. The molecule has 0 aliphatic heterocycles. The molecule has 0 aliphatic carbocycles. The first-order chi connectivity index (χ1) is 8.79. The van der Waals surface area contributed by atoms with Crippen LogP contribution in [0.25, 0.3) is 0 Å². The van der Waals surface area contributed by atoms with Gasteiger partial charge in [0.2, 0.25) is 0 Å². The third-order valence-corrected chi connectivity index (χ3v) is 2.81. The predicted octanol–water partition coefficient (Wildman–Crippen LogP) is 2.30. The molecule has 0 fully saturated rings. The Morgan fingerprint density at radius 3 is 1.89 bits per heavy atom. The van der Waals surface area contributed by atoms with Crippen LogP contribution in [0.15, 0.2) is 12.1 Å². The van der Waals surface area contributed by atoms with Gasteiger partial charge in [-0.05, 0) is 31.9 Å². The van der Waals surface area contributed by atoms with Crippen LogP contribution in [0.5, 0.6) is 0 Å². The molecule has 0 N–H and O–H groups in total. The molecule has 0 saturated carbocycles. The normalized spacial score (nSPS) is 10.2. The van der Waals surface area contributed by atoms with E-state index in [1.807, 2.05) is 32.9 Å². The van der Waals surface area contributed by atoms with Crippen LogP contribution in [0.4, 0.5) is 4.79 Å². The standard InChI is InChI=1S/C14H20N2O3/c1-9-7-10(2)12(11(3)8-9)13(17)16(19-6)14(18)15(4)5/h7-8H,1-6H3. The van der Waals surface area contributed by atoms with Crippen LogP contribution < -0.4 is 0 Å². The summed E-state index contributed by atoms with van der Waals surface area (Å²) in [6.45, 7) is 5.66. The number of imide groups is 1. The van der Waals surface area contributed by atoms with Gasteiger partial charge in [-0.3, -0.25) is 9.63 Å². The number of urea groups is 1. The summed E-state index contributed by atoms with van der Waals surface area (Å²) in [6, 6.07) is 3.31. The fourth-order valence-electron chi connectivity index (χ4n) is 2.05. The molecule has 0 aromatic heterocycles. The Labute approximate surface area is 113 Å². The highest BCUT2D eigenvalue weighted by Crippen LogP contribution is 2.19. The molecule has 0 aliphatic rings. The molecule has 0 bridgehead atoms. The summed E-state index contributed by atoms with van der Waals surface area (Å²) >= 11 is 0. The highest BCUT2D eigenvalue weighted by molar-refractivity contribution is 6.04. The number of hydroxylamine groups is 2. The number of rotatable bonds is 2. The first-order valence-corrected chi connectivity index (χ1v) is 5.97. The molecule has 0 unspecified atom stereocenters. The van der Waals surface area contributed by atoms with Gasteiger partial charge in [0, 0.05) is 19.7 Å². The van der Waals surface area contributed by atoms with E-state index in [0.29, 0.717) is 5.56 Å². The zero-order valence-corrected chi connectivity index (χ0v) is 12.3. The summed E-state index contributed by atoms with van der Waals surface area (Å²) in [5.41, 5.74) is 3.24. The van der Waals surface area contributed by atoms with E-state index in [1.165, 1.54) is 12.0 Å². The van der Waals surface area contributed by atoms with Crippen molar-refractivity contribution in [2.75, 3.05) is 21.2 Å². The summed E-state index contributed by atoms with van der Waals surface area (Å²) in [5, 5.41) is 0.769. The third-order valence-electron chi connectivity index (χ3n) is 2.81. The van der Waals surface area contributed by atoms with Gasteiger partial charge >= 0.3 is 6.03 Å². The Kier molecular flexibility index (Phi) is 4.67. The van der Waals surface area contributed by atoms with Crippen LogP contribution in [-0.4, -0.2) is 43.1 Å². The lowest BCUT2D eigenvalue weighted by Gasteiger charge is -2.23. The van der Waals surface area contributed by atoms with E-state index in [-0.39, 0.29) is 0 Å². The lowest BCUT2D eigenvalue weighted by Crippen LogP contribution is -2.42. The summed E-state index contributed by atoms with van der Waals surface area (Å²) in [4.78, 5) is 30.5. The van der Waals surface area contributed by atoms with Gasteiger partial charge in [-0.2, -0.15) is 0 Å². The molecule has 104 valence electrons. The lowest BCUT2D eigenvalue weighted by molar-refractivity contribution is -0.0656. The number of carbonyl (C=O) groups excluding carboxylic acids is 2. The van der Waals surface area contributed by atoms with Crippen LogP contribution in [0.2, 0.25) is 0 Å². The van der Waals surface area contributed by atoms with Crippen LogP contribution >= 0.6 is 0 Å². The topological polar surface area (TPSA) is 49.9 Å². The number of nitrogens with zero attached hydrogens (tertiary/aromatic N) is 2. The van der Waals surface area contributed by atoms with Crippen LogP contribution in [0, 0.1) is 20.8 Å². The minimum absolute atomic E-state index is 0.448. The highest BCUT2D eigenvalue weighted by atomic mass is 16.7. The summed E-state index contributed by atoms with van der Waals surface area (Å²) in [7, 11) is 4.44. The fourth-order valence-corrected chi connectivity index (χ4v) is 2.05.